The van der Waals surface area contributed by atoms with Gasteiger partial charge in [0.25, 0.3) is 0 Å². The third kappa shape index (κ3) is 5.98. The molecule has 0 aliphatic heterocycles. The number of aliphatic hydroxyl groups excluding tert-OH is 2. The number of hydrogen-bond donors (Lipinski definition) is 2. The molecule has 4 fully saturated rings. The van der Waals surface area contributed by atoms with Crippen LogP contribution in [0.1, 0.15) is 121 Å². The van der Waals surface area contributed by atoms with Gasteiger partial charge >= 0.3 is 5.97 Å². The van der Waals surface area contributed by atoms with Crippen LogP contribution in [0.4, 0.5) is 0 Å². The quantitative estimate of drug-likeness (QED) is 0.162. The molecule has 248 valence electrons. The van der Waals surface area contributed by atoms with Gasteiger partial charge in [0.2, 0.25) is 0 Å². The number of carbonyl (C=O) groups excluding carboxylic acids is 1. The summed E-state index contributed by atoms with van der Waals surface area (Å²) in [6, 6.07) is 0. The zero-order valence-corrected chi connectivity index (χ0v) is 30.8. The molecule has 4 rings (SSSR count). The van der Waals surface area contributed by atoms with Gasteiger partial charge < -0.3 is 19.4 Å². The van der Waals surface area contributed by atoms with Crippen LogP contribution in [0.15, 0.2) is 11.6 Å². The van der Waals surface area contributed by atoms with Gasteiger partial charge in [-0.25, -0.2) is 0 Å². The van der Waals surface area contributed by atoms with Crippen molar-refractivity contribution in [2.45, 2.75) is 157 Å². The van der Waals surface area contributed by atoms with E-state index in [9.17, 15) is 15.0 Å². The van der Waals surface area contributed by atoms with Crippen LogP contribution in [-0.4, -0.2) is 49.4 Å². The van der Waals surface area contributed by atoms with Crippen molar-refractivity contribution in [1.29, 1.82) is 0 Å². The Bertz CT molecular complexity index is 1040. The molecule has 0 spiro atoms. The molecule has 0 saturated heterocycles. The van der Waals surface area contributed by atoms with E-state index in [4.69, 9.17) is 9.16 Å². The van der Waals surface area contributed by atoms with Crippen LogP contribution < -0.4 is 0 Å². The molecule has 2 N–H and O–H groups in total. The highest BCUT2D eigenvalue weighted by Crippen LogP contribution is 2.75. The predicted octanol–water partition coefficient (Wildman–Crippen LogP) is 8.54. The summed E-state index contributed by atoms with van der Waals surface area (Å²) in [4.78, 5) is 12.4. The van der Waals surface area contributed by atoms with Gasteiger partial charge in [0, 0.05) is 25.6 Å². The monoisotopic (exact) mass is 618 g/mol. The molecular weight excluding hydrogens is 552 g/mol. The van der Waals surface area contributed by atoms with Crippen LogP contribution in [0.5, 0.6) is 0 Å². The lowest BCUT2D eigenvalue weighted by molar-refractivity contribution is -0.239. The Morgan fingerprint density at radius 3 is 2.23 bits per heavy atom. The second-order valence-electron chi connectivity index (χ2n) is 17.9. The van der Waals surface area contributed by atoms with Crippen molar-refractivity contribution in [3.05, 3.63) is 11.6 Å². The normalized spacial score (nSPS) is 43.7. The lowest BCUT2D eigenvalue weighted by Crippen LogP contribution is -2.66. The second kappa shape index (κ2) is 12.2. The highest BCUT2D eigenvalue weighted by molar-refractivity contribution is 6.74. The molecule has 4 aliphatic rings. The lowest BCUT2D eigenvalue weighted by Gasteiger charge is -2.69. The van der Waals surface area contributed by atoms with Crippen molar-refractivity contribution < 1.29 is 24.2 Å². The topological polar surface area (TPSA) is 76.0 Å². The fourth-order valence-electron chi connectivity index (χ4n) is 11.1. The average molecular weight is 619 g/mol. The van der Waals surface area contributed by atoms with Gasteiger partial charge in [0.1, 0.15) is 6.10 Å². The Morgan fingerprint density at radius 2 is 1.67 bits per heavy atom. The number of allylic oxidation sites excluding steroid dienone is 2. The van der Waals surface area contributed by atoms with E-state index in [2.05, 4.69) is 81.5 Å². The number of ether oxygens (including phenoxy) is 1. The zero-order chi connectivity index (χ0) is 32.3. The Labute approximate surface area is 265 Å². The maximum Gasteiger partial charge on any atom is 0.302 e. The Hall–Kier alpha value is -0.693. The summed E-state index contributed by atoms with van der Waals surface area (Å²) in [6.07, 6.45) is 9.69. The van der Waals surface area contributed by atoms with Crippen LogP contribution in [0.3, 0.4) is 0 Å². The van der Waals surface area contributed by atoms with Crippen LogP contribution in [0, 0.1) is 51.8 Å². The van der Waals surface area contributed by atoms with Gasteiger partial charge in [-0.3, -0.25) is 4.79 Å². The number of carbonyl (C=O) groups is 1. The van der Waals surface area contributed by atoms with E-state index in [-0.39, 0.29) is 63.6 Å². The van der Waals surface area contributed by atoms with E-state index in [0.717, 1.165) is 51.4 Å². The minimum atomic E-state index is -1.88. The SMILES string of the molecule is CC(=O)O[C@H]1C[C@@]2(C)C(C[C@@H](O)[C@H]3[C@@]4(C)CC[C@@H](O[Si](C)(C)C(C)(C)C)[C@@H](C)C4CC[C@@]32C)[C@H]1[C@H](CO)CCC=C(C)C. The third-order valence-electron chi connectivity index (χ3n) is 14.4. The number of rotatable bonds is 8. The summed E-state index contributed by atoms with van der Waals surface area (Å²) in [6.45, 7) is 27.5. The van der Waals surface area contributed by atoms with Gasteiger partial charge in [0.15, 0.2) is 8.32 Å². The van der Waals surface area contributed by atoms with E-state index in [1.807, 2.05) is 0 Å². The molecule has 4 aliphatic carbocycles. The third-order valence-corrected chi connectivity index (χ3v) is 18.9. The van der Waals surface area contributed by atoms with Crippen LogP contribution in [-0.2, 0) is 14.0 Å². The van der Waals surface area contributed by atoms with Gasteiger partial charge in [-0.05, 0) is 129 Å². The van der Waals surface area contributed by atoms with Crippen molar-refractivity contribution in [2.24, 2.45) is 51.8 Å². The Balaban J connectivity index is 1.66. The maximum absolute atomic E-state index is 12.4. The first kappa shape index (κ1) is 35.2. The molecule has 0 heterocycles. The molecule has 5 nitrogen and oxygen atoms in total. The Morgan fingerprint density at radius 1 is 1.02 bits per heavy atom. The van der Waals surface area contributed by atoms with E-state index in [1.165, 1.54) is 12.5 Å². The largest absolute Gasteiger partial charge is 0.462 e. The van der Waals surface area contributed by atoms with Crippen molar-refractivity contribution >= 4 is 14.3 Å². The molecular formula is C37H66O5Si. The van der Waals surface area contributed by atoms with Crippen molar-refractivity contribution in [1.82, 2.24) is 0 Å². The summed E-state index contributed by atoms with van der Waals surface area (Å²) in [5.41, 5.74) is 1.19. The molecule has 0 radical (unpaired) electrons. The van der Waals surface area contributed by atoms with Crippen LogP contribution in [0.2, 0.25) is 18.1 Å². The molecule has 4 saturated carbocycles. The lowest BCUT2D eigenvalue weighted by atomic mass is 9.36. The molecule has 43 heavy (non-hydrogen) atoms. The predicted molar refractivity (Wildman–Crippen MR) is 178 cm³/mol. The second-order valence-corrected chi connectivity index (χ2v) is 22.7. The first-order valence-corrected chi connectivity index (χ1v) is 20.4. The highest BCUT2D eigenvalue weighted by atomic mass is 28.4. The van der Waals surface area contributed by atoms with Gasteiger partial charge in [-0.1, -0.05) is 60.1 Å². The van der Waals surface area contributed by atoms with Gasteiger partial charge in [0.05, 0.1) is 6.10 Å². The number of hydrogen-bond acceptors (Lipinski definition) is 5. The van der Waals surface area contributed by atoms with E-state index >= 15 is 0 Å². The van der Waals surface area contributed by atoms with E-state index in [0.29, 0.717) is 17.9 Å². The smallest absolute Gasteiger partial charge is 0.302 e. The fraction of sp³-hybridized carbons (Fsp3) is 0.919. The summed E-state index contributed by atoms with van der Waals surface area (Å²) in [7, 11) is -1.88. The number of esters is 1. The number of aliphatic hydroxyl groups is 2. The zero-order valence-electron chi connectivity index (χ0n) is 29.8. The van der Waals surface area contributed by atoms with Crippen LogP contribution >= 0.6 is 0 Å². The number of fused-ring (bicyclic) bond motifs is 5. The van der Waals surface area contributed by atoms with Gasteiger partial charge in [-0.15, -0.1) is 0 Å². The standard InChI is InChI=1S/C37H66O5Si/c1-23(2)14-13-15-26(22-38)32-28-20-29(40)33-35(8)18-17-30(42-43(11,12)34(5,6)7)24(3)27(35)16-19-36(33,9)37(28,10)21-31(32)41-25(4)39/h14,24,26-33,38,40H,13,15-22H2,1-12H3/t24-,26-,27?,28?,29+,30+,31-,32+,33-,35-,36-,37-/m0/s1. The molecule has 2 unspecified atom stereocenters. The van der Waals surface area contributed by atoms with Gasteiger partial charge in [-0.2, -0.15) is 0 Å². The van der Waals surface area contributed by atoms with Crippen molar-refractivity contribution in [2.75, 3.05) is 6.61 Å². The molecule has 0 amide bonds. The first-order valence-electron chi connectivity index (χ1n) is 17.5. The molecule has 0 bridgehead atoms. The van der Waals surface area contributed by atoms with Crippen molar-refractivity contribution in [3.63, 3.8) is 0 Å². The Kier molecular flexibility index (Phi) is 9.94. The van der Waals surface area contributed by atoms with E-state index in [1.54, 1.807) is 0 Å². The fourth-order valence-corrected chi connectivity index (χ4v) is 12.6. The summed E-state index contributed by atoms with van der Waals surface area (Å²) in [5, 5.41) is 23.1. The minimum absolute atomic E-state index is 0.0436. The van der Waals surface area contributed by atoms with Crippen LogP contribution in [0.25, 0.3) is 0 Å². The molecule has 6 heteroatoms. The first-order chi connectivity index (χ1) is 19.7. The summed E-state index contributed by atoms with van der Waals surface area (Å²) >= 11 is 0. The summed E-state index contributed by atoms with van der Waals surface area (Å²) in [5.74, 6) is 1.29. The molecule has 0 aromatic rings. The average Bonchev–Trinajstić information content (AvgIpc) is 3.14. The minimum Gasteiger partial charge on any atom is -0.462 e. The molecule has 0 aromatic carbocycles. The molecule has 0 aromatic heterocycles. The van der Waals surface area contributed by atoms with Crippen molar-refractivity contribution in [3.8, 4) is 0 Å². The molecule has 12 atom stereocenters. The highest BCUT2D eigenvalue weighted by Gasteiger charge is 2.72. The summed E-state index contributed by atoms with van der Waals surface area (Å²) < 4.78 is 13.2. The van der Waals surface area contributed by atoms with E-state index < -0.39 is 14.4 Å². The maximum atomic E-state index is 12.4.